The third-order valence-electron chi connectivity index (χ3n) is 4.49. The highest BCUT2D eigenvalue weighted by atomic mass is 19.1. The second kappa shape index (κ2) is 7.95. The van der Waals surface area contributed by atoms with Gasteiger partial charge in [-0.25, -0.2) is 9.37 Å². The van der Waals surface area contributed by atoms with Crippen LogP contribution in [0, 0.1) is 5.82 Å². The number of carbonyl (C=O) groups is 1. The quantitative estimate of drug-likeness (QED) is 0.731. The number of rotatable bonds is 6. The molecule has 26 heavy (non-hydrogen) atoms. The third-order valence-corrected chi connectivity index (χ3v) is 4.49. The maximum absolute atomic E-state index is 13.3. The van der Waals surface area contributed by atoms with Gasteiger partial charge in [0.25, 0.3) is 0 Å². The van der Waals surface area contributed by atoms with Gasteiger partial charge < -0.3 is 9.88 Å². The molecule has 0 aliphatic heterocycles. The van der Waals surface area contributed by atoms with Gasteiger partial charge in [0.05, 0.1) is 0 Å². The lowest BCUT2D eigenvalue weighted by atomic mass is 9.97. The van der Waals surface area contributed by atoms with E-state index >= 15 is 0 Å². The van der Waals surface area contributed by atoms with Crippen molar-refractivity contribution in [3.05, 3.63) is 89.8 Å². The predicted molar refractivity (Wildman–Crippen MR) is 99.1 cm³/mol. The Morgan fingerprint density at radius 2 is 1.81 bits per heavy atom. The summed E-state index contributed by atoms with van der Waals surface area (Å²) in [4.78, 5) is 17.0. The van der Waals surface area contributed by atoms with Gasteiger partial charge in [0.2, 0.25) is 5.91 Å². The van der Waals surface area contributed by atoms with Gasteiger partial charge in [0, 0.05) is 25.9 Å². The molecule has 0 bridgehead atoms. The van der Waals surface area contributed by atoms with Crippen molar-refractivity contribution in [1.82, 2.24) is 14.9 Å². The lowest BCUT2D eigenvalue weighted by Gasteiger charge is -2.20. The normalized spacial score (nSPS) is 13.2. The van der Waals surface area contributed by atoms with E-state index in [-0.39, 0.29) is 17.6 Å². The van der Waals surface area contributed by atoms with Crippen LogP contribution in [0.3, 0.4) is 0 Å². The minimum Gasteiger partial charge on any atom is -0.342 e. The number of imidazole rings is 1. The van der Waals surface area contributed by atoms with Crippen molar-refractivity contribution in [2.45, 2.75) is 25.3 Å². The maximum Gasteiger partial charge on any atom is 0.221 e. The summed E-state index contributed by atoms with van der Waals surface area (Å²) < 4.78 is 15.1. The van der Waals surface area contributed by atoms with E-state index in [4.69, 9.17) is 0 Å². The number of benzene rings is 2. The average molecular weight is 351 g/mol. The molecule has 3 rings (SSSR count). The molecule has 0 aliphatic rings. The summed E-state index contributed by atoms with van der Waals surface area (Å²) in [6.07, 6.45) is 3.88. The van der Waals surface area contributed by atoms with Gasteiger partial charge >= 0.3 is 0 Å². The number of amides is 1. The summed E-state index contributed by atoms with van der Waals surface area (Å²) in [6.45, 7) is 2.03. The first-order valence-electron chi connectivity index (χ1n) is 8.61. The predicted octanol–water partition coefficient (Wildman–Crippen LogP) is 3.96. The maximum atomic E-state index is 13.3. The zero-order valence-electron chi connectivity index (χ0n) is 14.9. The number of nitrogens with one attached hydrogen (secondary N) is 1. The lowest BCUT2D eigenvalue weighted by molar-refractivity contribution is -0.122. The number of carbonyl (C=O) groups excluding carboxylic acids is 1. The topological polar surface area (TPSA) is 46.9 Å². The van der Waals surface area contributed by atoms with E-state index in [0.29, 0.717) is 12.2 Å². The highest BCUT2D eigenvalue weighted by Gasteiger charge is 2.22. The van der Waals surface area contributed by atoms with Crippen LogP contribution in [0.4, 0.5) is 4.39 Å². The molecule has 2 aromatic carbocycles. The monoisotopic (exact) mass is 351 g/mol. The Bertz CT molecular complexity index is 858. The van der Waals surface area contributed by atoms with Gasteiger partial charge in [-0.2, -0.15) is 0 Å². The number of nitrogens with zero attached hydrogens (tertiary/aromatic N) is 2. The second-order valence-electron chi connectivity index (χ2n) is 6.46. The van der Waals surface area contributed by atoms with Crippen LogP contribution in [0.15, 0.2) is 67.0 Å². The molecule has 0 radical (unpaired) electrons. The Kier molecular flexibility index (Phi) is 5.46. The van der Waals surface area contributed by atoms with E-state index in [9.17, 15) is 9.18 Å². The van der Waals surface area contributed by atoms with Crippen molar-refractivity contribution in [3.63, 3.8) is 0 Å². The number of hydrogen-bond donors (Lipinski definition) is 1. The molecule has 1 N–H and O–H groups in total. The molecule has 0 spiro atoms. The average Bonchev–Trinajstić information content (AvgIpc) is 3.07. The van der Waals surface area contributed by atoms with Crippen LogP contribution in [-0.2, 0) is 11.8 Å². The van der Waals surface area contributed by atoms with Crippen molar-refractivity contribution >= 4 is 5.91 Å². The zero-order chi connectivity index (χ0) is 18.5. The summed E-state index contributed by atoms with van der Waals surface area (Å²) in [5, 5.41) is 3.05. The Morgan fingerprint density at radius 1 is 1.12 bits per heavy atom. The van der Waals surface area contributed by atoms with E-state index in [1.54, 1.807) is 18.3 Å². The van der Waals surface area contributed by atoms with Gasteiger partial charge in [-0.3, -0.25) is 4.79 Å². The first-order valence-corrected chi connectivity index (χ1v) is 8.61. The first-order chi connectivity index (χ1) is 12.5. The van der Waals surface area contributed by atoms with Gasteiger partial charge in [0.1, 0.15) is 17.7 Å². The molecule has 0 saturated carbocycles. The highest BCUT2D eigenvalue weighted by molar-refractivity contribution is 5.77. The first kappa shape index (κ1) is 17.9. The summed E-state index contributed by atoms with van der Waals surface area (Å²) >= 11 is 0. The fourth-order valence-corrected chi connectivity index (χ4v) is 3.00. The standard InChI is InChI=1S/C21H22FN3O/c1-15(16-6-4-3-5-7-16)14-19(26)24-20(21-23-12-13-25(21)2)17-8-10-18(22)11-9-17/h3-13,15,20H,14H2,1-2H3,(H,24,26)/t15-,20+/m0/s1. The molecule has 1 amide bonds. The van der Waals surface area contributed by atoms with Crippen LogP contribution in [0.5, 0.6) is 0 Å². The molecule has 0 saturated heterocycles. The Morgan fingerprint density at radius 3 is 2.42 bits per heavy atom. The molecule has 134 valence electrons. The summed E-state index contributed by atoms with van der Waals surface area (Å²) in [6, 6.07) is 15.7. The highest BCUT2D eigenvalue weighted by Crippen LogP contribution is 2.23. The van der Waals surface area contributed by atoms with Gasteiger partial charge in [0.15, 0.2) is 0 Å². The smallest absolute Gasteiger partial charge is 0.221 e. The van der Waals surface area contributed by atoms with Crippen LogP contribution in [-0.4, -0.2) is 15.5 Å². The number of halogens is 1. The molecule has 5 heteroatoms. The van der Waals surface area contributed by atoms with Gasteiger partial charge in [-0.15, -0.1) is 0 Å². The Hall–Kier alpha value is -2.95. The minimum absolute atomic E-state index is 0.0707. The number of aryl methyl sites for hydroxylation is 1. The molecule has 1 heterocycles. The Labute approximate surface area is 152 Å². The molecule has 0 aliphatic carbocycles. The summed E-state index contributed by atoms with van der Waals surface area (Å²) in [7, 11) is 1.87. The van der Waals surface area contributed by atoms with Crippen molar-refractivity contribution in [2.75, 3.05) is 0 Å². The molecular formula is C21H22FN3O. The van der Waals surface area contributed by atoms with Gasteiger partial charge in [-0.05, 0) is 29.2 Å². The molecule has 3 aromatic rings. The van der Waals surface area contributed by atoms with Crippen molar-refractivity contribution in [3.8, 4) is 0 Å². The van der Waals surface area contributed by atoms with Crippen LogP contribution in [0.2, 0.25) is 0 Å². The lowest BCUT2D eigenvalue weighted by Crippen LogP contribution is -2.31. The van der Waals surface area contributed by atoms with Crippen LogP contribution >= 0.6 is 0 Å². The fourth-order valence-electron chi connectivity index (χ4n) is 3.00. The minimum atomic E-state index is -0.425. The van der Waals surface area contributed by atoms with Gasteiger partial charge in [-0.1, -0.05) is 49.4 Å². The van der Waals surface area contributed by atoms with Crippen LogP contribution < -0.4 is 5.32 Å². The van der Waals surface area contributed by atoms with Crippen LogP contribution in [0.1, 0.15) is 42.3 Å². The molecule has 1 aromatic heterocycles. The fraction of sp³-hybridized carbons (Fsp3) is 0.238. The second-order valence-corrected chi connectivity index (χ2v) is 6.46. The van der Waals surface area contributed by atoms with Crippen molar-refractivity contribution in [2.24, 2.45) is 7.05 Å². The molecule has 2 atom stereocenters. The van der Waals surface area contributed by atoms with E-state index in [1.807, 2.05) is 55.1 Å². The Balaban J connectivity index is 1.78. The van der Waals surface area contributed by atoms with Crippen molar-refractivity contribution < 1.29 is 9.18 Å². The van der Waals surface area contributed by atoms with E-state index in [1.165, 1.54) is 12.1 Å². The molecular weight excluding hydrogens is 329 g/mol. The van der Waals surface area contributed by atoms with Crippen molar-refractivity contribution in [1.29, 1.82) is 0 Å². The summed E-state index contributed by atoms with van der Waals surface area (Å²) in [5.41, 5.74) is 1.92. The SMILES string of the molecule is C[C@@H](CC(=O)N[C@H](c1ccc(F)cc1)c1nccn1C)c1ccccc1. The van der Waals surface area contributed by atoms with Crippen LogP contribution in [0.25, 0.3) is 0 Å². The van der Waals surface area contributed by atoms with E-state index in [0.717, 1.165) is 11.1 Å². The number of hydrogen-bond acceptors (Lipinski definition) is 2. The number of aromatic nitrogens is 2. The van der Waals surface area contributed by atoms with E-state index < -0.39 is 6.04 Å². The summed E-state index contributed by atoms with van der Waals surface area (Å²) in [5.74, 6) is 0.429. The largest absolute Gasteiger partial charge is 0.342 e. The molecule has 4 nitrogen and oxygen atoms in total. The molecule has 0 fully saturated rings. The zero-order valence-corrected chi connectivity index (χ0v) is 14.9. The van der Waals surface area contributed by atoms with E-state index in [2.05, 4.69) is 10.3 Å². The molecule has 0 unspecified atom stereocenters. The third kappa shape index (κ3) is 4.17.